The first-order valence-corrected chi connectivity index (χ1v) is 9.83. The maximum atomic E-state index is 10.8. The molecule has 170 valence electrons. The number of ether oxygens (including phenoxy) is 2. The molecule has 0 spiro atoms. The standard InChI is InChI=1S/C19H22N6O7/c1-20-19-22-16-13(21-9-24(16)18-15(28)14(27)12(8-26)32-18)17(23-19)31-7-6-10-2-4-11(5-3-10)25(29)30/h2-5,9,12,14-15,18,26-28H,6-8H2,1H3,(H,20,22,23)/t12-,14-,15-,18-/m1/s1. The smallest absolute Gasteiger partial charge is 0.269 e. The minimum atomic E-state index is -1.29. The van der Waals surface area contributed by atoms with Gasteiger partial charge in [0.05, 0.1) is 24.5 Å². The van der Waals surface area contributed by atoms with Crippen molar-refractivity contribution in [1.82, 2.24) is 19.5 Å². The van der Waals surface area contributed by atoms with E-state index in [-0.39, 0.29) is 24.1 Å². The minimum Gasteiger partial charge on any atom is -0.476 e. The number of nitro groups is 1. The number of rotatable bonds is 8. The summed E-state index contributed by atoms with van der Waals surface area (Å²) in [5.41, 5.74) is 1.50. The largest absolute Gasteiger partial charge is 0.476 e. The van der Waals surface area contributed by atoms with Gasteiger partial charge in [0.25, 0.3) is 5.69 Å². The molecule has 0 aliphatic carbocycles. The number of aliphatic hydroxyl groups excluding tert-OH is 3. The lowest BCUT2D eigenvalue weighted by atomic mass is 10.1. The molecule has 0 radical (unpaired) electrons. The second-order valence-electron chi connectivity index (χ2n) is 7.18. The van der Waals surface area contributed by atoms with Crippen LogP contribution in [0.1, 0.15) is 11.8 Å². The lowest BCUT2D eigenvalue weighted by Gasteiger charge is -2.17. The van der Waals surface area contributed by atoms with Crippen molar-refractivity contribution in [2.45, 2.75) is 31.0 Å². The van der Waals surface area contributed by atoms with Crippen molar-refractivity contribution in [1.29, 1.82) is 0 Å². The van der Waals surface area contributed by atoms with Crippen molar-refractivity contribution in [2.24, 2.45) is 0 Å². The van der Waals surface area contributed by atoms with Gasteiger partial charge < -0.3 is 30.1 Å². The van der Waals surface area contributed by atoms with Crippen LogP contribution in [0.15, 0.2) is 30.6 Å². The summed E-state index contributed by atoms with van der Waals surface area (Å²) in [7, 11) is 1.63. The Hall–Kier alpha value is -3.39. The van der Waals surface area contributed by atoms with Crippen molar-refractivity contribution in [3.8, 4) is 5.88 Å². The maximum absolute atomic E-state index is 10.8. The Labute approximate surface area is 181 Å². The highest BCUT2D eigenvalue weighted by molar-refractivity contribution is 5.78. The summed E-state index contributed by atoms with van der Waals surface area (Å²) < 4.78 is 12.8. The fraction of sp³-hybridized carbons (Fsp3) is 0.421. The average Bonchev–Trinajstić information content (AvgIpc) is 3.34. The van der Waals surface area contributed by atoms with E-state index < -0.39 is 36.1 Å². The van der Waals surface area contributed by atoms with E-state index in [9.17, 15) is 25.4 Å². The van der Waals surface area contributed by atoms with E-state index >= 15 is 0 Å². The van der Waals surface area contributed by atoms with Crippen LogP contribution in [-0.2, 0) is 11.2 Å². The fourth-order valence-electron chi connectivity index (χ4n) is 3.45. The molecule has 0 amide bonds. The van der Waals surface area contributed by atoms with E-state index in [1.165, 1.54) is 23.0 Å². The van der Waals surface area contributed by atoms with E-state index in [1.54, 1.807) is 19.2 Å². The number of aliphatic hydroxyl groups is 3. The first kappa shape index (κ1) is 21.8. The van der Waals surface area contributed by atoms with Crippen LogP contribution in [0.5, 0.6) is 5.88 Å². The summed E-state index contributed by atoms with van der Waals surface area (Å²) in [6.07, 6.45) is -2.61. The molecule has 1 fully saturated rings. The van der Waals surface area contributed by atoms with Gasteiger partial charge in [-0.25, -0.2) is 4.98 Å². The SMILES string of the molecule is CNc1nc(OCCc2ccc([N+](=O)[O-])cc2)c2ncn([C@@H]3O[C@H](CO)[C@@H](O)[C@H]3O)c2n1. The third-order valence-corrected chi connectivity index (χ3v) is 5.18. The number of benzene rings is 1. The number of fused-ring (bicyclic) bond motifs is 1. The van der Waals surface area contributed by atoms with E-state index in [0.29, 0.717) is 17.6 Å². The van der Waals surface area contributed by atoms with Gasteiger partial charge in [0, 0.05) is 25.6 Å². The Morgan fingerprint density at radius 2 is 2.00 bits per heavy atom. The van der Waals surface area contributed by atoms with Gasteiger partial charge in [-0.05, 0) is 5.56 Å². The molecule has 1 aliphatic heterocycles. The number of anilines is 1. The maximum Gasteiger partial charge on any atom is 0.269 e. The summed E-state index contributed by atoms with van der Waals surface area (Å²) >= 11 is 0. The Kier molecular flexibility index (Phi) is 6.14. The topological polar surface area (TPSA) is 178 Å². The Balaban J connectivity index is 1.55. The van der Waals surface area contributed by atoms with Crippen LogP contribution >= 0.6 is 0 Å². The van der Waals surface area contributed by atoms with Crippen molar-refractivity contribution in [3.63, 3.8) is 0 Å². The summed E-state index contributed by atoms with van der Waals surface area (Å²) in [4.78, 5) is 23.2. The minimum absolute atomic E-state index is 0.0150. The molecule has 32 heavy (non-hydrogen) atoms. The number of nitro benzene ring substituents is 1. The van der Waals surface area contributed by atoms with Crippen LogP contribution in [0.25, 0.3) is 11.2 Å². The Morgan fingerprint density at radius 1 is 1.25 bits per heavy atom. The molecule has 1 saturated heterocycles. The molecular weight excluding hydrogens is 424 g/mol. The Bertz CT molecular complexity index is 1110. The first-order valence-electron chi connectivity index (χ1n) is 9.83. The van der Waals surface area contributed by atoms with Gasteiger partial charge >= 0.3 is 0 Å². The zero-order valence-corrected chi connectivity index (χ0v) is 17.0. The van der Waals surface area contributed by atoms with E-state index in [1.807, 2.05) is 0 Å². The van der Waals surface area contributed by atoms with Crippen LogP contribution < -0.4 is 10.1 Å². The molecule has 0 bridgehead atoms. The zero-order valence-electron chi connectivity index (χ0n) is 17.0. The highest BCUT2D eigenvalue weighted by atomic mass is 16.6. The molecule has 2 aromatic heterocycles. The zero-order chi connectivity index (χ0) is 22.8. The van der Waals surface area contributed by atoms with Gasteiger partial charge in [-0.1, -0.05) is 12.1 Å². The lowest BCUT2D eigenvalue weighted by Crippen LogP contribution is -2.33. The quantitative estimate of drug-likeness (QED) is 0.270. The van der Waals surface area contributed by atoms with E-state index in [2.05, 4.69) is 20.3 Å². The first-order chi connectivity index (χ1) is 15.4. The molecule has 4 N–H and O–H groups in total. The molecule has 0 unspecified atom stereocenters. The third-order valence-electron chi connectivity index (χ3n) is 5.18. The van der Waals surface area contributed by atoms with Crippen molar-refractivity contribution >= 4 is 22.8 Å². The summed E-state index contributed by atoms with van der Waals surface area (Å²) in [5, 5.41) is 43.3. The third kappa shape index (κ3) is 4.05. The number of hydrogen-bond donors (Lipinski definition) is 4. The van der Waals surface area contributed by atoms with Gasteiger partial charge in [0.1, 0.15) is 18.3 Å². The fourth-order valence-corrected chi connectivity index (χ4v) is 3.45. The monoisotopic (exact) mass is 446 g/mol. The lowest BCUT2D eigenvalue weighted by molar-refractivity contribution is -0.384. The predicted molar refractivity (Wildman–Crippen MR) is 110 cm³/mol. The van der Waals surface area contributed by atoms with E-state index in [4.69, 9.17) is 9.47 Å². The number of nitrogens with zero attached hydrogens (tertiary/aromatic N) is 5. The molecule has 1 aromatic carbocycles. The normalized spacial score (nSPS) is 22.9. The predicted octanol–water partition coefficient (Wildman–Crippen LogP) is 0.00920. The van der Waals surface area contributed by atoms with Gasteiger partial charge in [-0.3, -0.25) is 14.7 Å². The molecule has 13 nitrogen and oxygen atoms in total. The second kappa shape index (κ2) is 9.00. The van der Waals surface area contributed by atoms with Crippen LogP contribution in [0, 0.1) is 10.1 Å². The molecular formula is C19H22N6O7. The molecule has 4 atom stereocenters. The molecule has 0 saturated carbocycles. The van der Waals surface area contributed by atoms with Crippen LogP contribution in [0.4, 0.5) is 11.6 Å². The average molecular weight is 446 g/mol. The van der Waals surface area contributed by atoms with Gasteiger partial charge in [0.15, 0.2) is 17.4 Å². The van der Waals surface area contributed by atoms with Gasteiger partial charge in [-0.15, -0.1) is 0 Å². The molecule has 13 heteroatoms. The number of hydrogen-bond acceptors (Lipinski definition) is 11. The van der Waals surface area contributed by atoms with Gasteiger partial charge in [0.2, 0.25) is 11.8 Å². The highest BCUT2D eigenvalue weighted by Gasteiger charge is 2.44. The molecule has 4 rings (SSSR count). The van der Waals surface area contributed by atoms with Crippen LogP contribution in [0.3, 0.4) is 0 Å². The highest BCUT2D eigenvalue weighted by Crippen LogP contribution is 2.33. The van der Waals surface area contributed by atoms with Crippen LogP contribution in [0.2, 0.25) is 0 Å². The summed E-state index contributed by atoms with van der Waals surface area (Å²) in [6.45, 7) is -0.219. The molecule has 3 aromatic rings. The second-order valence-corrected chi connectivity index (χ2v) is 7.18. The van der Waals surface area contributed by atoms with Crippen molar-refractivity contribution in [2.75, 3.05) is 25.6 Å². The Morgan fingerprint density at radius 3 is 2.62 bits per heavy atom. The van der Waals surface area contributed by atoms with E-state index in [0.717, 1.165) is 5.56 Å². The summed E-state index contributed by atoms with van der Waals surface area (Å²) in [5.74, 6) is 0.447. The number of nitrogens with one attached hydrogen (secondary N) is 1. The van der Waals surface area contributed by atoms with Crippen molar-refractivity contribution in [3.05, 3.63) is 46.3 Å². The van der Waals surface area contributed by atoms with Gasteiger partial charge in [-0.2, -0.15) is 9.97 Å². The number of aromatic nitrogens is 4. The molecule has 1 aliphatic rings. The molecule has 3 heterocycles. The number of imidazole rings is 1. The van der Waals surface area contributed by atoms with Crippen LogP contribution in [-0.4, -0.2) is 78.3 Å². The van der Waals surface area contributed by atoms with Crippen molar-refractivity contribution < 1.29 is 29.7 Å². The summed E-state index contributed by atoms with van der Waals surface area (Å²) in [6, 6.07) is 6.18. The number of non-ortho nitro benzene ring substituents is 1.